The predicted molar refractivity (Wildman–Crippen MR) is 116 cm³/mol. The average molecular weight is 392 g/mol. The van der Waals surface area contributed by atoms with Crippen molar-refractivity contribution in [2.45, 2.75) is 19.8 Å². The van der Waals surface area contributed by atoms with Crippen molar-refractivity contribution in [2.24, 2.45) is 0 Å². The van der Waals surface area contributed by atoms with Crippen LogP contribution in [0.1, 0.15) is 30.9 Å². The lowest BCUT2D eigenvalue weighted by molar-refractivity contribution is -0.115. The molecule has 0 aliphatic heterocycles. The molecule has 142 valence electrons. The van der Waals surface area contributed by atoms with Crippen molar-refractivity contribution in [1.29, 1.82) is 0 Å². The van der Waals surface area contributed by atoms with Crippen LogP contribution in [0.15, 0.2) is 69.9 Å². The van der Waals surface area contributed by atoms with Crippen molar-refractivity contribution in [1.82, 2.24) is 5.32 Å². The van der Waals surface area contributed by atoms with E-state index in [1.54, 1.807) is 30.3 Å². The minimum atomic E-state index is -0.401. The minimum absolute atomic E-state index is 0.182. The van der Waals surface area contributed by atoms with Crippen molar-refractivity contribution in [3.8, 4) is 0 Å². The van der Waals surface area contributed by atoms with Gasteiger partial charge in [0.1, 0.15) is 5.58 Å². The van der Waals surface area contributed by atoms with E-state index in [1.165, 1.54) is 17.7 Å². The molecule has 28 heavy (non-hydrogen) atoms. The summed E-state index contributed by atoms with van der Waals surface area (Å²) in [7, 11) is 0. The van der Waals surface area contributed by atoms with Gasteiger partial charge in [-0.1, -0.05) is 38.1 Å². The number of nitrogens with one attached hydrogen (secondary N) is 2. The number of fused-ring (bicyclic) bond motifs is 1. The summed E-state index contributed by atoms with van der Waals surface area (Å²) in [5, 5.41) is 6.49. The lowest BCUT2D eigenvalue weighted by atomic mass is 10.0. The summed E-state index contributed by atoms with van der Waals surface area (Å²) in [6, 6.07) is 16.2. The van der Waals surface area contributed by atoms with Crippen molar-refractivity contribution in [3.63, 3.8) is 0 Å². The first-order valence-corrected chi connectivity index (χ1v) is 9.25. The van der Waals surface area contributed by atoms with E-state index < -0.39 is 5.63 Å². The second kappa shape index (κ2) is 8.63. The molecule has 1 amide bonds. The molecule has 6 heteroatoms. The third kappa shape index (κ3) is 5.14. The van der Waals surface area contributed by atoms with Crippen molar-refractivity contribution >= 4 is 46.0 Å². The van der Waals surface area contributed by atoms with Crippen LogP contribution in [0.2, 0.25) is 0 Å². The van der Waals surface area contributed by atoms with Gasteiger partial charge >= 0.3 is 5.63 Å². The third-order valence-electron chi connectivity index (χ3n) is 4.14. The Balaban J connectivity index is 1.58. The number of carbonyl (C=O) groups is 1. The maximum atomic E-state index is 12.1. The largest absolute Gasteiger partial charge is 0.423 e. The number of anilines is 1. The summed E-state index contributed by atoms with van der Waals surface area (Å²) in [5.74, 6) is 0.146. The van der Waals surface area contributed by atoms with E-state index in [1.807, 2.05) is 12.1 Å². The number of rotatable bonds is 4. The van der Waals surface area contributed by atoms with Gasteiger partial charge in [0, 0.05) is 23.2 Å². The zero-order valence-corrected chi connectivity index (χ0v) is 16.4. The van der Waals surface area contributed by atoms with Crippen LogP contribution in [0.4, 0.5) is 5.69 Å². The molecular weight excluding hydrogens is 372 g/mol. The van der Waals surface area contributed by atoms with Gasteiger partial charge in [-0.3, -0.25) is 10.1 Å². The molecule has 0 spiro atoms. The van der Waals surface area contributed by atoms with Gasteiger partial charge in [0.25, 0.3) is 0 Å². The van der Waals surface area contributed by atoms with Crippen LogP contribution in [0.25, 0.3) is 17.0 Å². The Morgan fingerprint density at radius 1 is 1.07 bits per heavy atom. The number of hydrogen-bond donors (Lipinski definition) is 2. The first kappa shape index (κ1) is 19.5. The highest BCUT2D eigenvalue weighted by atomic mass is 32.1. The summed E-state index contributed by atoms with van der Waals surface area (Å²) in [6.45, 7) is 4.27. The molecule has 0 bridgehead atoms. The second-order valence-corrected chi connectivity index (χ2v) is 7.01. The fourth-order valence-electron chi connectivity index (χ4n) is 2.63. The van der Waals surface area contributed by atoms with E-state index in [-0.39, 0.29) is 11.0 Å². The van der Waals surface area contributed by atoms with Gasteiger partial charge in [-0.2, -0.15) is 0 Å². The maximum absolute atomic E-state index is 12.1. The van der Waals surface area contributed by atoms with Gasteiger partial charge in [0.2, 0.25) is 5.91 Å². The number of hydrogen-bond acceptors (Lipinski definition) is 4. The van der Waals surface area contributed by atoms with Crippen LogP contribution in [0.5, 0.6) is 0 Å². The van der Waals surface area contributed by atoms with Crippen LogP contribution in [-0.2, 0) is 4.79 Å². The quantitative estimate of drug-likeness (QED) is 0.390. The summed E-state index contributed by atoms with van der Waals surface area (Å²) >= 11 is 5.18. The normalized spacial score (nSPS) is 11.1. The molecule has 3 rings (SSSR count). The highest BCUT2D eigenvalue weighted by molar-refractivity contribution is 7.80. The summed E-state index contributed by atoms with van der Waals surface area (Å²) in [4.78, 5) is 23.3. The molecule has 0 fully saturated rings. The second-order valence-electron chi connectivity index (χ2n) is 6.61. The van der Waals surface area contributed by atoms with Gasteiger partial charge in [-0.15, -0.1) is 0 Å². The molecule has 3 aromatic rings. The van der Waals surface area contributed by atoms with E-state index in [0.717, 1.165) is 10.9 Å². The molecule has 0 aliphatic carbocycles. The molecular formula is C22H20N2O3S. The molecule has 1 heterocycles. The zero-order valence-electron chi connectivity index (χ0n) is 15.6. The first-order chi connectivity index (χ1) is 13.4. The standard InChI is InChI=1S/C22H20N2O3S/c1-14(2)16-6-3-15(4-7-16)5-11-20(25)24-22(28)23-18-9-10-19-17(13-18)8-12-21(26)27-19/h3-14H,1-2H3,(H2,23,24,25,28)/b11-5+. The van der Waals surface area contributed by atoms with Crippen LogP contribution < -0.4 is 16.3 Å². The van der Waals surface area contributed by atoms with E-state index in [9.17, 15) is 9.59 Å². The third-order valence-corrected chi connectivity index (χ3v) is 4.35. The van der Waals surface area contributed by atoms with E-state index >= 15 is 0 Å². The molecule has 2 aromatic carbocycles. The Kier molecular flexibility index (Phi) is 6.01. The molecule has 0 aliphatic rings. The van der Waals surface area contributed by atoms with Crippen molar-refractivity contribution in [2.75, 3.05) is 5.32 Å². The van der Waals surface area contributed by atoms with E-state index in [2.05, 4.69) is 36.6 Å². The Bertz CT molecular complexity index is 1100. The van der Waals surface area contributed by atoms with Gasteiger partial charge in [0.15, 0.2) is 5.11 Å². The van der Waals surface area contributed by atoms with Crippen LogP contribution in [-0.4, -0.2) is 11.0 Å². The molecule has 2 N–H and O–H groups in total. The SMILES string of the molecule is CC(C)c1ccc(/C=C/C(=O)NC(=S)Nc2ccc3oc(=O)ccc3c2)cc1. The highest BCUT2D eigenvalue weighted by Gasteiger charge is 2.04. The van der Waals surface area contributed by atoms with Gasteiger partial charge in [-0.05, 0) is 59.6 Å². The fourth-order valence-corrected chi connectivity index (χ4v) is 2.85. The van der Waals surface area contributed by atoms with E-state index in [0.29, 0.717) is 17.2 Å². The maximum Gasteiger partial charge on any atom is 0.336 e. The molecule has 0 atom stereocenters. The van der Waals surface area contributed by atoms with E-state index in [4.69, 9.17) is 16.6 Å². The molecule has 0 saturated carbocycles. The van der Waals surface area contributed by atoms with Gasteiger partial charge < -0.3 is 9.73 Å². The summed E-state index contributed by atoms with van der Waals surface area (Å²) in [6.07, 6.45) is 3.17. The molecule has 0 saturated heterocycles. The van der Waals surface area contributed by atoms with Gasteiger partial charge in [-0.25, -0.2) is 4.79 Å². The minimum Gasteiger partial charge on any atom is -0.423 e. The Morgan fingerprint density at radius 2 is 1.82 bits per heavy atom. The number of benzene rings is 2. The van der Waals surface area contributed by atoms with Crippen molar-refractivity contribution < 1.29 is 9.21 Å². The average Bonchev–Trinajstić information content (AvgIpc) is 2.66. The summed E-state index contributed by atoms with van der Waals surface area (Å²) in [5.41, 5.74) is 2.96. The predicted octanol–water partition coefficient (Wildman–Crippen LogP) is 4.44. The Morgan fingerprint density at radius 3 is 2.54 bits per heavy atom. The summed E-state index contributed by atoms with van der Waals surface area (Å²) < 4.78 is 5.09. The molecule has 0 radical (unpaired) electrons. The van der Waals surface area contributed by atoms with Crippen molar-refractivity contribution in [3.05, 3.63) is 82.2 Å². The fraction of sp³-hybridized carbons (Fsp3) is 0.136. The number of thiocarbonyl (C=S) groups is 1. The monoisotopic (exact) mass is 392 g/mol. The van der Waals surface area contributed by atoms with Crippen LogP contribution in [0.3, 0.4) is 0 Å². The highest BCUT2D eigenvalue weighted by Crippen LogP contribution is 2.17. The molecule has 1 aromatic heterocycles. The lowest BCUT2D eigenvalue weighted by Gasteiger charge is -2.08. The first-order valence-electron chi connectivity index (χ1n) is 8.84. The topological polar surface area (TPSA) is 71.3 Å². The smallest absolute Gasteiger partial charge is 0.336 e. The van der Waals surface area contributed by atoms with Crippen LogP contribution >= 0.6 is 12.2 Å². The Hall–Kier alpha value is -3.25. The molecule has 0 unspecified atom stereocenters. The van der Waals surface area contributed by atoms with Crippen LogP contribution in [0, 0.1) is 0 Å². The lowest BCUT2D eigenvalue weighted by Crippen LogP contribution is -2.32. The number of carbonyl (C=O) groups excluding carboxylic acids is 1. The zero-order chi connectivity index (χ0) is 20.1. The number of amides is 1. The Labute approximate surface area is 168 Å². The van der Waals surface area contributed by atoms with Gasteiger partial charge in [0.05, 0.1) is 0 Å². The molecule has 5 nitrogen and oxygen atoms in total.